The molecule has 1 aliphatic rings. The average Bonchev–Trinajstić information content (AvgIpc) is 3.13. The van der Waals surface area contributed by atoms with Crippen molar-refractivity contribution in [3.05, 3.63) is 23.2 Å². The summed E-state index contributed by atoms with van der Waals surface area (Å²) >= 11 is 3.37. The summed E-state index contributed by atoms with van der Waals surface area (Å²) in [5.41, 5.74) is 1.92. The Labute approximate surface area is 169 Å². The molecular formula is C18H20BrN5O4. The van der Waals surface area contributed by atoms with Gasteiger partial charge in [0, 0.05) is 24.4 Å². The van der Waals surface area contributed by atoms with Gasteiger partial charge in [-0.2, -0.15) is 0 Å². The standard InChI is InChI=1S/C18H20BrN5O4/c1-26-11-7-10(8-12(27-2)15(11)25)21-16-14-17(23-18(19)22-16)24(9-20-14)13-5-3-4-6-28-13/h7-9,13,25H,3-6H2,1-2H3,(H,21,22,23). The number of methoxy groups -OCH3 is 2. The molecule has 0 amide bonds. The van der Waals surface area contributed by atoms with Crippen LogP contribution in [0.3, 0.4) is 0 Å². The molecule has 0 spiro atoms. The van der Waals surface area contributed by atoms with Gasteiger partial charge < -0.3 is 24.6 Å². The predicted octanol–water partition coefficient (Wildman–Crippen LogP) is 3.75. The number of imidazole rings is 1. The fraction of sp³-hybridized carbons (Fsp3) is 0.389. The minimum Gasteiger partial charge on any atom is -0.502 e. The van der Waals surface area contributed by atoms with Gasteiger partial charge in [-0.3, -0.25) is 4.57 Å². The van der Waals surface area contributed by atoms with Gasteiger partial charge in [0.1, 0.15) is 6.23 Å². The van der Waals surface area contributed by atoms with E-state index in [9.17, 15) is 5.11 Å². The van der Waals surface area contributed by atoms with Crippen molar-refractivity contribution in [3.63, 3.8) is 0 Å². The molecular weight excluding hydrogens is 430 g/mol. The number of rotatable bonds is 5. The van der Waals surface area contributed by atoms with Crippen LogP contribution in [0.5, 0.6) is 17.2 Å². The lowest BCUT2D eigenvalue weighted by atomic mass is 10.2. The summed E-state index contributed by atoms with van der Waals surface area (Å²) in [6, 6.07) is 3.31. The van der Waals surface area contributed by atoms with E-state index in [2.05, 4.69) is 36.2 Å². The van der Waals surface area contributed by atoms with Crippen LogP contribution < -0.4 is 14.8 Å². The number of nitrogens with one attached hydrogen (secondary N) is 1. The summed E-state index contributed by atoms with van der Waals surface area (Å²) in [4.78, 5) is 13.4. The number of fused-ring (bicyclic) bond motifs is 1. The van der Waals surface area contributed by atoms with Crippen molar-refractivity contribution >= 4 is 38.6 Å². The van der Waals surface area contributed by atoms with Gasteiger partial charge in [-0.15, -0.1) is 0 Å². The van der Waals surface area contributed by atoms with Crippen molar-refractivity contribution in [2.45, 2.75) is 25.5 Å². The first-order valence-corrected chi connectivity index (χ1v) is 9.63. The largest absolute Gasteiger partial charge is 0.502 e. The topological polar surface area (TPSA) is 104 Å². The maximum absolute atomic E-state index is 10.1. The molecule has 10 heteroatoms. The van der Waals surface area contributed by atoms with Gasteiger partial charge >= 0.3 is 0 Å². The van der Waals surface area contributed by atoms with Crippen molar-refractivity contribution in [1.82, 2.24) is 19.5 Å². The molecule has 1 fully saturated rings. The van der Waals surface area contributed by atoms with E-state index in [0.717, 1.165) is 25.9 Å². The average molecular weight is 450 g/mol. The van der Waals surface area contributed by atoms with Gasteiger partial charge in [0.05, 0.1) is 20.5 Å². The van der Waals surface area contributed by atoms with Gasteiger partial charge in [-0.1, -0.05) is 0 Å². The number of anilines is 2. The first-order chi connectivity index (χ1) is 13.6. The van der Waals surface area contributed by atoms with E-state index in [1.807, 2.05) is 4.57 Å². The molecule has 1 atom stereocenters. The van der Waals surface area contributed by atoms with Crippen molar-refractivity contribution < 1.29 is 19.3 Å². The van der Waals surface area contributed by atoms with E-state index in [1.165, 1.54) is 14.2 Å². The first-order valence-electron chi connectivity index (χ1n) is 8.84. The number of nitrogens with zero attached hydrogens (tertiary/aromatic N) is 4. The summed E-state index contributed by atoms with van der Waals surface area (Å²) in [5.74, 6) is 1.02. The molecule has 1 aliphatic heterocycles. The van der Waals surface area contributed by atoms with Gasteiger partial charge in [-0.25, -0.2) is 15.0 Å². The number of ether oxygens (including phenoxy) is 3. The van der Waals surface area contributed by atoms with Crippen LogP contribution in [0.25, 0.3) is 11.2 Å². The second-order valence-corrected chi connectivity index (χ2v) is 7.05. The molecule has 2 N–H and O–H groups in total. The molecule has 2 aromatic heterocycles. The van der Waals surface area contributed by atoms with E-state index in [1.54, 1.807) is 18.5 Å². The minimum absolute atomic E-state index is 0.0664. The van der Waals surface area contributed by atoms with Crippen LogP contribution in [0.2, 0.25) is 0 Å². The predicted molar refractivity (Wildman–Crippen MR) is 106 cm³/mol. The Morgan fingerprint density at radius 1 is 1.21 bits per heavy atom. The number of aromatic hydroxyl groups is 1. The van der Waals surface area contributed by atoms with E-state index in [4.69, 9.17) is 14.2 Å². The van der Waals surface area contributed by atoms with Gasteiger partial charge in [0.25, 0.3) is 0 Å². The maximum atomic E-state index is 10.1. The lowest BCUT2D eigenvalue weighted by Crippen LogP contribution is -2.17. The highest BCUT2D eigenvalue weighted by molar-refractivity contribution is 9.10. The molecule has 28 heavy (non-hydrogen) atoms. The van der Waals surface area contributed by atoms with Gasteiger partial charge in [-0.05, 0) is 35.2 Å². The molecule has 148 valence electrons. The fourth-order valence-corrected chi connectivity index (χ4v) is 3.58. The van der Waals surface area contributed by atoms with Crippen LogP contribution in [0, 0.1) is 0 Å². The first kappa shape index (κ1) is 18.8. The molecule has 3 heterocycles. The maximum Gasteiger partial charge on any atom is 0.200 e. The number of phenolic OH excluding ortho intramolecular Hbond substituents is 1. The summed E-state index contributed by atoms with van der Waals surface area (Å²) in [7, 11) is 2.95. The molecule has 1 aromatic carbocycles. The molecule has 3 aromatic rings. The van der Waals surface area contributed by atoms with Crippen molar-refractivity contribution in [3.8, 4) is 17.2 Å². The normalized spacial score (nSPS) is 16.9. The lowest BCUT2D eigenvalue weighted by Gasteiger charge is -2.23. The highest BCUT2D eigenvalue weighted by Gasteiger charge is 2.21. The monoisotopic (exact) mass is 449 g/mol. The number of hydrogen-bond donors (Lipinski definition) is 2. The third-order valence-corrected chi connectivity index (χ3v) is 4.96. The smallest absolute Gasteiger partial charge is 0.200 e. The second-order valence-electron chi connectivity index (χ2n) is 6.34. The zero-order valence-electron chi connectivity index (χ0n) is 15.5. The Balaban J connectivity index is 1.74. The van der Waals surface area contributed by atoms with E-state index in [0.29, 0.717) is 27.4 Å². The molecule has 4 rings (SSSR count). The third kappa shape index (κ3) is 3.45. The fourth-order valence-electron chi connectivity index (χ4n) is 3.23. The minimum atomic E-state index is -0.0812. The zero-order chi connectivity index (χ0) is 19.7. The van der Waals surface area contributed by atoms with Crippen LogP contribution in [-0.2, 0) is 4.74 Å². The van der Waals surface area contributed by atoms with Crippen molar-refractivity contribution in [1.29, 1.82) is 0 Å². The number of benzene rings is 1. The molecule has 9 nitrogen and oxygen atoms in total. The highest BCUT2D eigenvalue weighted by Crippen LogP contribution is 2.40. The zero-order valence-corrected chi connectivity index (χ0v) is 17.1. The van der Waals surface area contributed by atoms with Crippen LogP contribution in [0.4, 0.5) is 11.5 Å². The third-order valence-electron chi connectivity index (χ3n) is 4.60. The van der Waals surface area contributed by atoms with E-state index < -0.39 is 0 Å². The molecule has 1 saturated heterocycles. The second kappa shape index (κ2) is 7.80. The molecule has 0 aliphatic carbocycles. The Kier molecular flexibility index (Phi) is 5.23. The number of phenols is 1. The molecule has 0 saturated carbocycles. The van der Waals surface area contributed by atoms with Crippen LogP contribution in [-0.4, -0.2) is 45.5 Å². The quantitative estimate of drug-likeness (QED) is 0.448. The molecule has 0 radical (unpaired) electrons. The highest BCUT2D eigenvalue weighted by atomic mass is 79.9. The summed E-state index contributed by atoms with van der Waals surface area (Å²) in [6.45, 7) is 0.731. The Hall–Kier alpha value is -2.59. The Morgan fingerprint density at radius 3 is 2.61 bits per heavy atom. The summed E-state index contributed by atoms with van der Waals surface area (Å²) in [6.07, 6.45) is 4.74. The van der Waals surface area contributed by atoms with Crippen molar-refractivity contribution in [2.75, 3.05) is 26.1 Å². The Morgan fingerprint density at radius 2 is 1.96 bits per heavy atom. The van der Waals surface area contributed by atoms with E-state index >= 15 is 0 Å². The summed E-state index contributed by atoms with van der Waals surface area (Å²) in [5, 5.41) is 13.3. The number of halogens is 1. The van der Waals surface area contributed by atoms with Gasteiger partial charge in [0.15, 0.2) is 28.5 Å². The van der Waals surface area contributed by atoms with Crippen molar-refractivity contribution in [2.24, 2.45) is 0 Å². The van der Waals surface area contributed by atoms with Gasteiger partial charge in [0.2, 0.25) is 10.5 Å². The van der Waals surface area contributed by atoms with Crippen LogP contribution in [0.1, 0.15) is 25.5 Å². The Bertz CT molecular complexity index is 978. The SMILES string of the molecule is COc1cc(Nc2nc(Br)nc3c2ncn3C2CCCCO2)cc(OC)c1O. The molecule has 1 unspecified atom stereocenters. The molecule has 0 bridgehead atoms. The van der Waals surface area contributed by atoms with E-state index in [-0.39, 0.29) is 23.5 Å². The number of aromatic nitrogens is 4. The number of hydrogen-bond acceptors (Lipinski definition) is 8. The van der Waals surface area contributed by atoms with Crippen LogP contribution in [0.15, 0.2) is 23.2 Å². The lowest BCUT2D eigenvalue weighted by molar-refractivity contribution is -0.0298. The van der Waals surface area contributed by atoms with Crippen LogP contribution >= 0.6 is 15.9 Å². The summed E-state index contributed by atoms with van der Waals surface area (Å²) < 4.78 is 18.7.